The standard InChI is InChI=1S/C11H19N3O2S/c1-12-7-10-13-14-11(17-10)16-9-5-3-4-8(6-9)15-2/h8-9,12H,3-7H2,1-2H3. The number of ether oxygens (including phenoxy) is 2. The summed E-state index contributed by atoms with van der Waals surface area (Å²) in [5.74, 6) is 0. The highest BCUT2D eigenvalue weighted by Crippen LogP contribution is 2.26. The highest BCUT2D eigenvalue weighted by Gasteiger charge is 2.24. The summed E-state index contributed by atoms with van der Waals surface area (Å²) in [5, 5.41) is 12.8. The predicted octanol–water partition coefficient (Wildman–Crippen LogP) is 1.59. The summed E-state index contributed by atoms with van der Waals surface area (Å²) in [4.78, 5) is 0. The number of rotatable bonds is 5. The molecule has 0 aromatic carbocycles. The zero-order chi connectivity index (χ0) is 12.1. The first-order valence-corrected chi connectivity index (χ1v) is 6.80. The van der Waals surface area contributed by atoms with Crippen LogP contribution in [0.1, 0.15) is 30.7 Å². The van der Waals surface area contributed by atoms with Gasteiger partial charge in [0.05, 0.1) is 6.10 Å². The van der Waals surface area contributed by atoms with Gasteiger partial charge in [0.1, 0.15) is 11.1 Å². The molecule has 1 aliphatic rings. The summed E-state index contributed by atoms with van der Waals surface area (Å²) in [6, 6.07) is 0. The second-order valence-electron chi connectivity index (χ2n) is 4.26. The SMILES string of the molecule is CNCc1nnc(OC2CCCC(OC)C2)s1. The third-order valence-corrected chi connectivity index (χ3v) is 3.77. The van der Waals surface area contributed by atoms with E-state index < -0.39 is 0 Å². The molecule has 0 saturated heterocycles. The van der Waals surface area contributed by atoms with Gasteiger partial charge in [-0.15, -0.1) is 5.10 Å². The molecule has 96 valence electrons. The summed E-state index contributed by atoms with van der Waals surface area (Å²) < 4.78 is 11.2. The third kappa shape index (κ3) is 3.62. The van der Waals surface area contributed by atoms with Crippen LogP contribution < -0.4 is 10.1 Å². The molecule has 1 aromatic rings. The van der Waals surface area contributed by atoms with E-state index in [4.69, 9.17) is 9.47 Å². The number of aromatic nitrogens is 2. The van der Waals surface area contributed by atoms with E-state index in [9.17, 15) is 0 Å². The molecule has 0 spiro atoms. The van der Waals surface area contributed by atoms with E-state index in [-0.39, 0.29) is 6.10 Å². The lowest BCUT2D eigenvalue weighted by Gasteiger charge is -2.27. The van der Waals surface area contributed by atoms with Crippen molar-refractivity contribution in [2.75, 3.05) is 14.2 Å². The van der Waals surface area contributed by atoms with E-state index in [0.717, 1.165) is 37.2 Å². The molecule has 1 aliphatic carbocycles. The van der Waals surface area contributed by atoms with E-state index in [1.165, 1.54) is 11.3 Å². The smallest absolute Gasteiger partial charge is 0.294 e. The summed E-state index contributed by atoms with van der Waals surface area (Å²) in [5.41, 5.74) is 0. The van der Waals surface area contributed by atoms with E-state index in [2.05, 4.69) is 15.5 Å². The van der Waals surface area contributed by atoms with Gasteiger partial charge < -0.3 is 14.8 Å². The molecule has 1 aromatic heterocycles. The fraction of sp³-hybridized carbons (Fsp3) is 0.818. The second kappa shape index (κ2) is 6.28. The fourth-order valence-electron chi connectivity index (χ4n) is 2.07. The monoisotopic (exact) mass is 257 g/mol. The molecule has 1 heterocycles. The Morgan fingerprint density at radius 2 is 2.18 bits per heavy atom. The Morgan fingerprint density at radius 3 is 2.94 bits per heavy atom. The first-order valence-electron chi connectivity index (χ1n) is 5.98. The lowest BCUT2D eigenvalue weighted by atomic mass is 9.95. The molecule has 2 atom stereocenters. The number of nitrogens with zero attached hydrogens (tertiary/aromatic N) is 2. The number of hydrogen-bond acceptors (Lipinski definition) is 6. The van der Waals surface area contributed by atoms with Crippen molar-refractivity contribution in [2.24, 2.45) is 0 Å². The first-order chi connectivity index (χ1) is 8.31. The largest absolute Gasteiger partial charge is 0.466 e. The maximum absolute atomic E-state index is 5.85. The van der Waals surface area contributed by atoms with Gasteiger partial charge in [-0.1, -0.05) is 16.4 Å². The molecule has 2 unspecified atom stereocenters. The normalized spacial score (nSPS) is 24.8. The zero-order valence-corrected chi connectivity index (χ0v) is 11.1. The molecule has 6 heteroatoms. The molecule has 1 fully saturated rings. The Bertz CT molecular complexity index is 345. The van der Waals surface area contributed by atoms with Crippen molar-refractivity contribution in [1.82, 2.24) is 15.5 Å². The summed E-state index contributed by atoms with van der Waals surface area (Å²) in [7, 11) is 3.66. The van der Waals surface area contributed by atoms with Crippen LogP contribution in [0.5, 0.6) is 5.19 Å². The Labute approximate surface area is 106 Å². The molecular formula is C11H19N3O2S. The average Bonchev–Trinajstić information content (AvgIpc) is 2.77. The predicted molar refractivity (Wildman–Crippen MR) is 66.4 cm³/mol. The van der Waals surface area contributed by atoms with Gasteiger partial charge in [0.25, 0.3) is 5.19 Å². The molecule has 0 amide bonds. The fourth-order valence-corrected chi connectivity index (χ4v) is 2.84. The third-order valence-electron chi connectivity index (χ3n) is 2.96. The second-order valence-corrected chi connectivity index (χ2v) is 5.28. The van der Waals surface area contributed by atoms with Crippen molar-refractivity contribution >= 4 is 11.3 Å². The lowest BCUT2D eigenvalue weighted by molar-refractivity contribution is 0.0207. The zero-order valence-electron chi connectivity index (χ0n) is 10.3. The quantitative estimate of drug-likeness (QED) is 0.868. The number of methoxy groups -OCH3 is 1. The number of nitrogens with one attached hydrogen (secondary N) is 1. The van der Waals surface area contributed by atoms with E-state index >= 15 is 0 Å². The summed E-state index contributed by atoms with van der Waals surface area (Å²) >= 11 is 1.51. The van der Waals surface area contributed by atoms with E-state index in [1.54, 1.807) is 7.11 Å². The molecule has 1 N–H and O–H groups in total. The van der Waals surface area contributed by atoms with Crippen LogP contribution >= 0.6 is 11.3 Å². The Balaban J connectivity index is 1.86. The minimum Gasteiger partial charge on any atom is -0.466 e. The maximum atomic E-state index is 5.85. The van der Waals surface area contributed by atoms with Crippen molar-refractivity contribution in [3.8, 4) is 5.19 Å². The van der Waals surface area contributed by atoms with Gasteiger partial charge in [-0.25, -0.2) is 0 Å². The number of hydrogen-bond donors (Lipinski definition) is 1. The maximum Gasteiger partial charge on any atom is 0.294 e. The van der Waals surface area contributed by atoms with Crippen LogP contribution in [0, 0.1) is 0 Å². The van der Waals surface area contributed by atoms with Gasteiger partial charge >= 0.3 is 0 Å². The molecular weight excluding hydrogens is 238 g/mol. The van der Waals surface area contributed by atoms with Gasteiger partial charge in [-0.3, -0.25) is 0 Å². The highest BCUT2D eigenvalue weighted by molar-refractivity contribution is 7.13. The Hall–Kier alpha value is -0.720. The van der Waals surface area contributed by atoms with Crippen molar-refractivity contribution in [3.05, 3.63) is 5.01 Å². The Morgan fingerprint density at radius 1 is 1.35 bits per heavy atom. The van der Waals surface area contributed by atoms with Crippen LogP contribution in [0.2, 0.25) is 0 Å². The van der Waals surface area contributed by atoms with Crippen LogP contribution in [-0.2, 0) is 11.3 Å². The molecule has 0 aliphatic heterocycles. The average molecular weight is 257 g/mol. The first kappa shape index (κ1) is 12.7. The lowest BCUT2D eigenvalue weighted by Crippen LogP contribution is -2.29. The summed E-state index contributed by atoms with van der Waals surface area (Å²) in [6.07, 6.45) is 4.89. The molecule has 0 bridgehead atoms. The van der Waals surface area contributed by atoms with Gasteiger partial charge in [0, 0.05) is 20.1 Å². The molecule has 0 radical (unpaired) electrons. The highest BCUT2D eigenvalue weighted by atomic mass is 32.1. The van der Waals surface area contributed by atoms with Crippen LogP contribution in [0.3, 0.4) is 0 Å². The van der Waals surface area contributed by atoms with Crippen molar-refractivity contribution in [1.29, 1.82) is 0 Å². The van der Waals surface area contributed by atoms with Crippen molar-refractivity contribution in [3.63, 3.8) is 0 Å². The van der Waals surface area contributed by atoms with E-state index in [1.807, 2.05) is 7.05 Å². The molecule has 17 heavy (non-hydrogen) atoms. The topological polar surface area (TPSA) is 56.3 Å². The van der Waals surface area contributed by atoms with Gasteiger partial charge in [-0.05, 0) is 26.3 Å². The van der Waals surface area contributed by atoms with Gasteiger partial charge in [-0.2, -0.15) is 0 Å². The van der Waals surface area contributed by atoms with Gasteiger partial charge in [0.2, 0.25) is 0 Å². The minimum absolute atomic E-state index is 0.226. The Kier molecular flexibility index (Phi) is 4.70. The van der Waals surface area contributed by atoms with Gasteiger partial charge in [0.15, 0.2) is 0 Å². The molecule has 2 rings (SSSR count). The van der Waals surface area contributed by atoms with Crippen molar-refractivity contribution in [2.45, 2.75) is 44.4 Å². The molecule has 5 nitrogen and oxygen atoms in total. The minimum atomic E-state index is 0.226. The van der Waals surface area contributed by atoms with Crippen LogP contribution in [0.25, 0.3) is 0 Å². The van der Waals surface area contributed by atoms with Crippen molar-refractivity contribution < 1.29 is 9.47 Å². The van der Waals surface area contributed by atoms with Crippen LogP contribution in [0.4, 0.5) is 0 Å². The van der Waals surface area contributed by atoms with Crippen LogP contribution in [0.15, 0.2) is 0 Å². The van der Waals surface area contributed by atoms with Crippen LogP contribution in [-0.4, -0.2) is 36.6 Å². The summed E-state index contributed by atoms with van der Waals surface area (Å²) in [6.45, 7) is 0.742. The van der Waals surface area contributed by atoms with E-state index in [0.29, 0.717) is 11.3 Å². The molecule has 1 saturated carbocycles.